The second kappa shape index (κ2) is 4.94. The number of aromatic nitrogens is 2. The fourth-order valence-electron chi connectivity index (χ4n) is 1.97. The van der Waals surface area contributed by atoms with Crippen molar-refractivity contribution in [3.05, 3.63) is 59.1 Å². The lowest BCUT2D eigenvalue weighted by atomic mass is 10.1. The quantitative estimate of drug-likeness (QED) is 0.683. The molecule has 0 aliphatic rings. The Bertz CT molecular complexity index is 702. The monoisotopic (exact) mass is 266 g/mol. The molecule has 3 heteroatoms. The number of benzene rings is 1. The Labute approximate surface area is 116 Å². The van der Waals surface area contributed by atoms with Crippen LogP contribution < -0.4 is 0 Å². The van der Waals surface area contributed by atoms with Crippen LogP contribution in [0.5, 0.6) is 0 Å². The molecule has 0 fully saturated rings. The molecular weight excluding hydrogens is 252 g/mol. The van der Waals surface area contributed by atoms with Gasteiger partial charge in [-0.15, -0.1) is 11.3 Å². The van der Waals surface area contributed by atoms with E-state index in [2.05, 4.69) is 29.2 Å². The highest BCUT2D eigenvalue weighted by Crippen LogP contribution is 2.31. The molecule has 19 heavy (non-hydrogen) atoms. The first-order valence-corrected chi connectivity index (χ1v) is 7.07. The molecule has 0 saturated carbocycles. The van der Waals surface area contributed by atoms with Crippen LogP contribution in [-0.2, 0) is 0 Å². The van der Waals surface area contributed by atoms with Gasteiger partial charge in [-0.25, -0.2) is 9.97 Å². The number of nitrogens with zero attached hydrogens (tertiary/aromatic N) is 2. The van der Waals surface area contributed by atoms with Crippen LogP contribution in [0.3, 0.4) is 0 Å². The van der Waals surface area contributed by atoms with Crippen LogP contribution in [0, 0.1) is 13.8 Å². The average molecular weight is 266 g/mol. The van der Waals surface area contributed by atoms with Gasteiger partial charge in [0, 0.05) is 11.8 Å². The molecule has 0 amide bonds. The summed E-state index contributed by atoms with van der Waals surface area (Å²) >= 11 is 1.74. The lowest BCUT2D eigenvalue weighted by Crippen LogP contribution is -1.91. The van der Waals surface area contributed by atoms with Gasteiger partial charge < -0.3 is 0 Å². The van der Waals surface area contributed by atoms with Crippen molar-refractivity contribution >= 4 is 11.3 Å². The van der Waals surface area contributed by atoms with Crippen LogP contribution >= 0.6 is 11.3 Å². The summed E-state index contributed by atoms with van der Waals surface area (Å²) in [5.74, 6) is 0.781. The first kappa shape index (κ1) is 12.1. The lowest BCUT2D eigenvalue weighted by Gasteiger charge is -2.03. The van der Waals surface area contributed by atoms with Gasteiger partial charge in [-0.1, -0.05) is 30.3 Å². The van der Waals surface area contributed by atoms with Gasteiger partial charge in [-0.05, 0) is 36.4 Å². The highest BCUT2D eigenvalue weighted by Gasteiger charge is 2.09. The van der Waals surface area contributed by atoms with Gasteiger partial charge in [0.1, 0.15) is 0 Å². The highest BCUT2D eigenvalue weighted by molar-refractivity contribution is 7.13. The predicted molar refractivity (Wildman–Crippen MR) is 80.3 cm³/mol. The van der Waals surface area contributed by atoms with Crippen LogP contribution in [-0.4, -0.2) is 9.97 Å². The second-order valence-electron chi connectivity index (χ2n) is 4.50. The van der Waals surface area contributed by atoms with E-state index in [1.807, 2.05) is 42.6 Å². The van der Waals surface area contributed by atoms with E-state index < -0.39 is 0 Å². The molecule has 2 aromatic heterocycles. The smallest absolute Gasteiger partial charge is 0.159 e. The molecule has 3 aromatic rings. The van der Waals surface area contributed by atoms with Gasteiger partial charge in [0.25, 0.3) is 0 Å². The zero-order valence-electron chi connectivity index (χ0n) is 10.9. The maximum absolute atomic E-state index is 4.69. The molecule has 0 aliphatic heterocycles. The summed E-state index contributed by atoms with van der Waals surface area (Å²) in [6.45, 7) is 4.28. The van der Waals surface area contributed by atoms with Crippen LogP contribution in [0.4, 0.5) is 0 Å². The van der Waals surface area contributed by atoms with E-state index in [1.54, 1.807) is 11.3 Å². The summed E-state index contributed by atoms with van der Waals surface area (Å²) in [6.07, 6.45) is 1.83. The molecule has 0 radical (unpaired) electrons. The summed E-state index contributed by atoms with van der Waals surface area (Å²) < 4.78 is 0. The molecule has 2 heterocycles. The molecular formula is C16H14N2S. The van der Waals surface area contributed by atoms with Gasteiger partial charge in [0.05, 0.1) is 10.6 Å². The lowest BCUT2D eigenvalue weighted by molar-refractivity contribution is 1.18. The fraction of sp³-hybridized carbons (Fsp3) is 0.125. The third-order valence-electron chi connectivity index (χ3n) is 3.21. The van der Waals surface area contributed by atoms with Gasteiger partial charge in [0.2, 0.25) is 0 Å². The van der Waals surface area contributed by atoms with Crippen molar-refractivity contribution in [1.29, 1.82) is 0 Å². The Kier molecular flexibility index (Phi) is 3.13. The summed E-state index contributed by atoms with van der Waals surface area (Å²) in [6, 6.07) is 12.1. The zero-order chi connectivity index (χ0) is 13.2. The predicted octanol–water partition coefficient (Wildman–Crippen LogP) is 4.49. The van der Waals surface area contributed by atoms with Crippen molar-refractivity contribution in [3.63, 3.8) is 0 Å². The maximum Gasteiger partial charge on any atom is 0.159 e. The molecule has 0 unspecified atom stereocenters. The van der Waals surface area contributed by atoms with Crippen molar-refractivity contribution in [2.45, 2.75) is 13.8 Å². The number of rotatable bonds is 2. The minimum atomic E-state index is 0.781. The van der Waals surface area contributed by atoms with E-state index in [9.17, 15) is 0 Å². The van der Waals surface area contributed by atoms with Gasteiger partial charge in [-0.2, -0.15) is 0 Å². The Morgan fingerprint density at radius 1 is 1.00 bits per heavy atom. The van der Waals surface area contributed by atoms with E-state index >= 15 is 0 Å². The molecule has 0 atom stereocenters. The summed E-state index contributed by atoms with van der Waals surface area (Å²) in [4.78, 5) is 10.3. The molecule has 0 saturated heterocycles. The SMILES string of the molecule is Cc1csc(-c2ccnc(-c3ccccc3)n2)c1C. The average Bonchev–Trinajstić information content (AvgIpc) is 2.80. The number of thiophene rings is 1. The summed E-state index contributed by atoms with van der Waals surface area (Å²) in [5.41, 5.74) is 4.68. The number of hydrogen-bond donors (Lipinski definition) is 0. The molecule has 0 spiro atoms. The van der Waals surface area contributed by atoms with E-state index in [0.29, 0.717) is 0 Å². The Balaban J connectivity index is 2.08. The first-order valence-electron chi connectivity index (χ1n) is 6.19. The largest absolute Gasteiger partial charge is 0.237 e. The molecule has 3 rings (SSSR count). The van der Waals surface area contributed by atoms with E-state index in [0.717, 1.165) is 17.1 Å². The first-order chi connectivity index (χ1) is 9.25. The van der Waals surface area contributed by atoms with E-state index in [4.69, 9.17) is 0 Å². The van der Waals surface area contributed by atoms with Gasteiger partial charge >= 0.3 is 0 Å². The van der Waals surface area contributed by atoms with Gasteiger partial charge in [-0.3, -0.25) is 0 Å². The number of hydrogen-bond acceptors (Lipinski definition) is 3. The van der Waals surface area contributed by atoms with Crippen molar-refractivity contribution in [1.82, 2.24) is 9.97 Å². The van der Waals surface area contributed by atoms with E-state index in [-0.39, 0.29) is 0 Å². The third kappa shape index (κ3) is 2.29. The van der Waals surface area contributed by atoms with Crippen LogP contribution in [0.1, 0.15) is 11.1 Å². The van der Waals surface area contributed by atoms with Crippen molar-refractivity contribution in [2.75, 3.05) is 0 Å². The van der Waals surface area contributed by atoms with E-state index in [1.165, 1.54) is 16.0 Å². The molecule has 0 bridgehead atoms. The standard InChI is InChI=1S/C16H14N2S/c1-11-10-19-15(12(11)2)14-8-9-17-16(18-14)13-6-4-3-5-7-13/h3-10H,1-2H3. The van der Waals surface area contributed by atoms with Gasteiger partial charge in [0.15, 0.2) is 5.82 Å². The minimum absolute atomic E-state index is 0.781. The zero-order valence-corrected chi connectivity index (χ0v) is 11.7. The Morgan fingerprint density at radius 2 is 1.79 bits per heavy atom. The van der Waals surface area contributed by atoms with Crippen molar-refractivity contribution < 1.29 is 0 Å². The fourth-order valence-corrected chi connectivity index (χ4v) is 3.01. The topological polar surface area (TPSA) is 25.8 Å². The molecule has 0 N–H and O–H groups in total. The molecule has 1 aromatic carbocycles. The van der Waals surface area contributed by atoms with Crippen LogP contribution in [0.15, 0.2) is 48.0 Å². The molecule has 94 valence electrons. The Morgan fingerprint density at radius 3 is 2.47 bits per heavy atom. The highest BCUT2D eigenvalue weighted by atomic mass is 32.1. The molecule has 2 nitrogen and oxygen atoms in total. The second-order valence-corrected chi connectivity index (χ2v) is 5.38. The van der Waals surface area contributed by atoms with Crippen molar-refractivity contribution in [2.24, 2.45) is 0 Å². The third-order valence-corrected chi connectivity index (χ3v) is 4.43. The van der Waals surface area contributed by atoms with Crippen LogP contribution in [0.25, 0.3) is 22.0 Å². The molecule has 0 aliphatic carbocycles. The summed E-state index contributed by atoms with van der Waals surface area (Å²) in [5, 5.41) is 2.18. The number of aryl methyl sites for hydroxylation is 1. The summed E-state index contributed by atoms with van der Waals surface area (Å²) in [7, 11) is 0. The Hall–Kier alpha value is -2.00. The maximum atomic E-state index is 4.69. The van der Waals surface area contributed by atoms with Crippen molar-refractivity contribution in [3.8, 4) is 22.0 Å². The normalized spacial score (nSPS) is 10.6. The van der Waals surface area contributed by atoms with Crippen LogP contribution in [0.2, 0.25) is 0 Å². The minimum Gasteiger partial charge on any atom is -0.237 e.